The summed E-state index contributed by atoms with van der Waals surface area (Å²) < 4.78 is 22.7. The van der Waals surface area contributed by atoms with Gasteiger partial charge in [-0.25, -0.2) is 13.6 Å². The van der Waals surface area contributed by atoms with Crippen molar-refractivity contribution in [1.29, 1.82) is 0 Å². The first-order valence-electron chi connectivity index (χ1n) is 12.8. The molecule has 0 radical (unpaired) electrons. The molecule has 2 aliphatic heterocycles. The van der Waals surface area contributed by atoms with Crippen LogP contribution in [0.4, 0.5) is 23.3 Å². The number of sulfonamides is 1. The smallest absolute Gasteiger partial charge is 0.238 e. The van der Waals surface area contributed by atoms with E-state index in [0.29, 0.717) is 17.3 Å². The lowest BCUT2D eigenvalue weighted by atomic mass is 10.3. The normalized spacial score (nSPS) is 15.9. The van der Waals surface area contributed by atoms with Crippen molar-refractivity contribution in [2.24, 2.45) is 5.14 Å². The predicted octanol–water partition coefficient (Wildman–Crippen LogP) is 1.65. The molecule has 3 heterocycles. The standard InChI is InChI=1S/C24H37N9O2S2/c1-31(17-11-27-24(36)28-19-6-8-20(9-7-19)37(25,34)35)16-10-26-21-18-22(32-12-2-3-13-32)30-23(29-21)33-14-4-5-15-33/h6-9,18H,2-5,10-17H2,1H3,(H2,25,34,35)(H,26,29,30)(H2,27,28,36). The molecule has 2 saturated heterocycles. The highest BCUT2D eigenvalue weighted by Crippen LogP contribution is 2.25. The zero-order valence-corrected chi connectivity index (χ0v) is 23.0. The Bertz CT molecular complexity index is 1120. The summed E-state index contributed by atoms with van der Waals surface area (Å²) in [5.74, 6) is 2.74. The molecule has 202 valence electrons. The first-order chi connectivity index (χ1) is 17.8. The zero-order chi connectivity index (χ0) is 26.3. The Labute approximate surface area is 224 Å². The van der Waals surface area contributed by atoms with Gasteiger partial charge in [0.05, 0.1) is 4.90 Å². The molecule has 0 unspecified atom stereocenters. The highest BCUT2D eigenvalue weighted by atomic mass is 32.2. The Morgan fingerprint density at radius 2 is 1.62 bits per heavy atom. The van der Waals surface area contributed by atoms with Crippen LogP contribution in [0.15, 0.2) is 35.2 Å². The third-order valence-electron chi connectivity index (χ3n) is 6.54. The Hall–Kier alpha value is -2.74. The van der Waals surface area contributed by atoms with Crippen LogP contribution in [-0.4, -0.2) is 87.8 Å². The van der Waals surface area contributed by atoms with Gasteiger partial charge in [0.1, 0.15) is 11.6 Å². The Kier molecular flexibility index (Phi) is 9.35. The Balaban J connectivity index is 1.20. The number of nitrogens with zero attached hydrogens (tertiary/aromatic N) is 5. The minimum Gasteiger partial charge on any atom is -0.369 e. The van der Waals surface area contributed by atoms with Crippen LogP contribution in [0.3, 0.4) is 0 Å². The van der Waals surface area contributed by atoms with Crippen molar-refractivity contribution in [3.8, 4) is 0 Å². The van der Waals surface area contributed by atoms with Crippen LogP contribution in [-0.2, 0) is 10.0 Å². The quantitative estimate of drug-likeness (QED) is 0.306. The van der Waals surface area contributed by atoms with Gasteiger partial charge in [0.25, 0.3) is 0 Å². The van der Waals surface area contributed by atoms with Crippen molar-refractivity contribution in [2.45, 2.75) is 30.6 Å². The molecule has 2 aliphatic rings. The van der Waals surface area contributed by atoms with Gasteiger partial charge in [0, 0.05) is 64.1 Å². The molecule has 1 aromatic heterocycles. The third-order valence-corrected chi connectivity index (χ3v) is 7.71. The first kappa shape index (κ1) is 27.3. The van der Waals surface area contributed by atoms with Crippen LogP contribution in [0.25, 0.3) is 0 Å². The number of aromatic nitrogens is 2. The largest absolute Gasteiger partial charge is 0.369 e. The van der Waals surface area contributed by atoms with Gasteiger partial charge in [-0.15, -0.1) is 0 Å². The van der Waals surface area contributed by atoms with Crippen molar-refractivity contribution >= 4 is 50.6 Å². The summed E-state index contributed by atoms with van der Waals surface area (Å²) in [5.41, 5.74) is 0.689. The van der Waals surface area contributed by atoms with E-state index in [1.807, 2.05) is 0 Å². The molecule has 5 N–H and O–H groups in total. The van der Waals surface area contributed by atoms with Gasteiger partial charge >= 0.3 is 0 Å². The number of rotatable bonds is 11. The second kappa shape index (κ2) is 12.7. The van der Waals surface area contributed by atoms with Gasteiger partial charge in [0.2, 0.25) is 16.0 Å². The SMILES string of the molecule is CN(CCNC(=S)Nc1ccc(S(N)(=O)=O)cc1)CCNc1cc(N2CCCC2)nc(N2CCCC2)n1. The van der Waals surface area contributed by atoms with Gasteiger partial charge in [0.15, 0.2) is 5.11 Å². The molecule has 0 saturated carbocycles. The van der Waals surface area contributed by atoms with Gasteiger partial charge < -0.3 is 30.7 Å². The number of anilines is 4. The monoisotopic (exact) mass is 547 g/mol. The predicted molar refractivity (Wildman–Crippen MR) is 153 cm³/mol. The van der Waals surface area contributed by atoms with Crippen LogP contribution in [0, 0.1) is 0 Å². The third kappa shape index (κ3) is 8.12. The molecule has 37 heavy (non-hydrogen) atoms. The molecule has 0 bridgehead atoms. The molecule has 11 nitrogen and oxygen atoms in total. The average Bonchev–Trinajstić information content (AvgIpc) is 3.58. The molecule has 13 heteroatoms. The van der Waals surface area contributed by atoms with Crippen LogP contribution in [0.2, 0.25) is 0 Å². The number of benzene rings is 1. The number of primary sulfonamides is 1. The number of likely N-dealkylation sites (N-methyl/N-ethyl adjacent to an activating group) is 1. The van der Waals surface area contributed by atoms with E-state index in [-0.39, 0.29) is 4.90 Å². The summed E-state index contributed by atoms with van der Waals surface area (Å²) in [6.45, 7) is 7.25. The van der Waals surface area contributed by atoms with Crippen LogP contribution in [0.5, 0.6) is 0 Å². The maximum Gasteiger partial charge on any atom is 0.238 e. The maximum atomic E-state index is 11.4. The zero-order valence-electron chi connectivity index (χ0n) is 21.3. The van der Waals surface area contributed by atoms with Crippen LogP contribution in [0.1, 0.15) is 25.7 Å². The van der Waals surface area contributed by atoms with Gasteiger partial charge in [-0.1, -0.05) is 0 Å². The molecule has 0 spiro atoms. The second-order valence-corrected chi connectivity index (χ2v) is 11.4. The van der Waals surface area contributed by atoms with E-state index in [1.165, 1.54) is 37.8 Å². The fourth-order valence-corrected chi connectivity index (χ4v) is 5.16. The van der Waals surface area contributed by atoms with E-state index in [9.17, 15) is 8.42 Å². The van der Waals surface area contributed by atoms with Crippen LogP contribution >= 0.6 is 12.2 Å². The Morgan fingerprint density at radius 1 is 1.00 bits per heavy atom. The van der Waals surface area contributed by atoms with E-state index in [4.69, 9.17) is 27.3 Å². The fraction of sp³-hybridized carbons (Fsp3) is 0.542. The van der Waals surface area contributed by atoms with Gasteiger partial charge in [-0.3, -0.25) is 0 Å². The fourth-order valence-electron chi connectivity index (χ4n) is 4.43. The van der Waals surface area contributed by atoms with E-state index < -0.39 is 10.0 Å². The molecule has 2 fully saturated rings. The van der Waals surface area contributed by atoms with Crippen molar-refractivity contribution in [2.75, 3.05) is 79.8 Å². The lowest BCUT2D eigenvalue weighted by molar-refractivity contribution is 0.352. The first-order valence-corrected chi connectivity index (χ1v) is 14.7. The summed E-state index contributed by atoms with van der Waals surface area (Å²) in [7, 11) is -1.64. The number of hydrogen-bond acceptors (Lipinski definition) is 9. The van der Waals surface area contributed by atoms with Crippen LogP contribution < -0.4 is 30.9 Å². The summed E-state index contributed by atoms with van der Waals surface area (Å²) in [6.07, 6.45) is 4.83. The summed E-state index contributed by atoms with van der Waals surface area (Å²) in [5, 5.41) is 15.3. The van der Waals surface area contributed by atoms with Crippen molar-refractivity contribution in [3.05, 3.63) is 30.3 Å². The van der Waals surface area contributed by atoms with Crippen molar-refractivity contribution in [1.82, 2.24) is 20.2 Å². The Morgan fingerprint density at radius 3 is 2.27 bits per heavy atom. The minimum atomic E-state index is -3.71. The number of thiocarbonyl (C=S) groups is 1. The van der Waals surface area contributed by atoms with E-state index >= 15 is 0 Å². The summed E-state index contributed by atoms with van der Waals surface area (Å²) in [6, 6.07) is 8.22. The summed E-state index contributed by atoms with van der Waals surface area (Å²) in [4.78, 5) is 16.6. The number of nitrogens with one attached hydrogen (secondary N) is 3. The molecule has 4 rings (SSSR count). The highest BCUT2D eigenvalue weighted by molar-refractivity contribution is 7.89. The number of nitrogens with two attached hydrogens (primary N) is 1. The lowest BCUT2D eigenvalue weighted by Gasteiger charge is -2.22. The molecule has 2 aromatic rings. The molecule has 0 aliphatic carbocycles. The minimum absolute atomic E-state index is 0.0636. The topological polar surface area (TPSA) is 132 Å². The van der Waals surface area contributed by atoms with Gasteiger partial charge in [-0.2, -0.15) is 9.97 Å². The maximum absolute atomic E-state index is 11.4. The van der Waals surface area contributed by atoms with Gasteiger partial charge in [-0.05, 0) is 69.2 Å². The highest BCUT2D eigenvalue weighted by Gasteiger charge is 2.20. The van der Waals surface area contributed by atoms with Crippen molar-refractivity contribution in [3.63, 3.8) is 0 Å². The van der Waals surface area contributed by atoms with E-state index in [1.54, 1.807) is 12.1 Å². The second-order valence-electron chi connectivity index (χ2n) is 9.48. The number of hydrogen-bond donors (Lipinski definition) is 4. The average molecular weight is 548 g/mol. The molecular formula is C24H37N9O2S2. The molecule has 0 atom stereocenters. The summed E-state index contributed by atoms with van der Waals surface area (Å²) >= 11 is 5.34. The lowest BCUT2D eigenvalue weighted by Crippen LogP contribution is -2.36. The molecule has 0 amide bonds. The van der Waals surface area contributed by atoms with Crippen molar-refractivity contribution < 1.29 is 8.42 Å². The van der Waals surface area contributed by atoms with E-state index in [2.05, 4.69) is 43.8 Å². The van der Waals surface area contributed by atoms with E-state index in [0.717, 1.165) is 63.4 Å². The molecule has 1 aromatic carbocycles. The molecular weight excluding hydrogens is 510 g/mol.